The number of ether oxygens (including phenoxy) is 1. The average molecular weight is 610 g/mol. The zero-order valence-corrected chi connectivity index (χ0v) is 23.8. The highest BCUT2D eigenvalue weighted by molar-refractivity contribution is 6.31. The molecule has 216 valence electrons. The summed E-state index contributed by atoms with van der Waals surface area (Å²) < 4.78 is 21.5. The molecule has 2 aromatic carbocycles. The Kier molecular flexibility index (Phi) is 8.55. The molecular weight excluding hydrogens is 584 g/mol. The van der Waals surface area contributed by atoms with Crippen LogP contribution in [0.25, 0.3) is 22.4 Å². The van der Waals surface area contributed by atoms with Crippen LogP contribution in [0.4, 0.5) is 15.8 Å². The average Bonchev–Trinajstić information content (AvgIpc) is 2.95. The van der Waals surface area contributed by atoms with Gasteiger partial charge in [-0.2, -0.15) is 0 Å². The minimum Gasteiger partial charge on any atom is -0.388 e. The van der Waals surface area contributed by atoms with Gasteiger partial charge in [0.15, 0.2) is 0 Å². The van der Waals surface area contributed by atoms with Crippen LogP contribution in [0.3, 0.4) is 0 Å². The van der Waals surface area contributed by atoms with Crippen LogP contribution in [-0.4, -0.2) is 33.2 Å². The van der Waals surface area contributed by atoms with Gasteiger partial charge in [-0.15, -0.1) is 0 Å². The number of nitrogens with two attached hydrogens (primary N) is 2. The second-order valence-corrected chi connectivity index (χ2v) is 10.4. The zero-order valence-electron chi connectivity index (χ0n) is 22.3. The summed E-state index contributed by atoms with van der Waals surface area (Å²) in [6.45, 7) is 1.76. The molecule has 2 atom stereocenters. The van der Waals surface area contributed by atoms with Crippen LogP contribution in [0.15, 0.2) is 83.3 Å². The smallest absolute Gasteiger partial charge is 0.254 e. The number of aromatic nitrogens is 3. The first-order chi connectivity index (χ1) is 20.1. The highest BCUT2D eigenvalue weighted by Crippen LogP contribution is 2.33. The quantitative estimate of drug-likeness (QED) is 0.170. The van der Waals surface area contributed by atoms with Gasteiger partial charge in [0.1, 0.15) is 17.1 Å². The number of halogens is 3. The molecule has 0 radical (unpaired) electrons. The van der Waals surface area contributed by atoms with E-state index in [9.17, 15) is 14.0 Å². The topological polar surface area (TPSA) is 141 Å². The summed E-state index contributed by atoms with van der Waals surface area (Å²) in [7, 11) is 0. The molecule has 42 heavy (non-hydrogen) atoms. The molecule has 2 bridgehead atoms. The predicted molar refractivity (Wildman–Crippen MR) is 160 cm³/mol. The minimum absolute atomic E-state index is 0.0432. The van der Waals surface area contributed by atoms with E-state index in [1.165, 1.54) is 46.4 Å². The number of hydrogen-bond donors (Lipinski definition) is 3. The monoisotopic (exact) mass is 609 g/mol. The van der Waals surface area contributed by atoms with Gasteiger partial charge < -0.3 is 15.8 Å². The fourth-order valence-corrected chi connectivity index (χ4v) is 4.97. The van der Waals surface area contributed by atoms with E-state index in [-0.39, 0.29) is 23.2 Å². The summed E-state index contributed by atoms with van der Waals surface area (Å²) in [6.07, 6.45) is 3.78. The summed E-state index contributed by atoms with van der Waals surface area (Å²) in [5.74, 6) is 5.27. The maximum absolute atomic E-state index is 14.3. The van der Waals surface area contributed by atoms with E-state index in [4.69, 9.17) is 39.5 Å². The minimum atomic E-state index is -0.803. The fourth-order valence-electron chi connectivity index (χ4n) is 4.69. The lowest BCUT2D eigenvalue weighted by Crippen LogP contribution is -2.31. The number of nitrogens with one attached hydrogen (secondary N) is 1. The molecule has 1 amide bonds. The molecule has 0 fully saturated rings. The lowest BCUT2D eigenvalue weighted by molar-refractivity contribution is -0.126. The van der Waals surface area contributed by atoms with Crippen molar-refractivity contribution in [3.05, 3.63) is 105 Å². The molecule has 0 saturated heterocycles. The van der Waals surface area contributed by atoms with E-state index < -0.39 is 18.0 Å². The molecule has 2 aromatic heterocycles. The predicted octanol–water partition coefficient (Wildman–Crippen LogP) is 4.78. The highest BCUT2D eigenvalue weighted by Gasteiger charge is 2.23. The van der Waals surface area contributed by atoms with E-state index >= 15 is 0 Å². The molecule has 10 nitrogen and oxygen atoms in total. The van der Waals surface area contributed by atoms with Gasteiger partial charge in [0.2, 0.25) is 0 Å². The molecule has 13 heteroatoms. The van der Waals surface area contributed by atoms with Crippen molar-refractivity contribution in [3.8, 4) is 22.4 Å². The van der Waals surface area contributed by atoms with Crippen LogP contribution >= 0.6 is 23.2 Å². The van der Waals surface area contributed by atoms with Crippen LogP contribution in [0.2, 0.25) is 5.02 Å². The lowest BCUT2D eigenvalue weighted by Gasteiger charge is -2.23. The van der Waals surface area contributed by atoms with Gasteiger partial charge in [-0.05, 0) is 67.4 Å². The summed E-state index contributed by atoms with van der Waals surface area (Å²) >= 11 is 12.0. The maximum Gasteiger partial charge on any atom is 0.254 e. The fraction of sp³-hybridized carbons (Fsp3) is 0.172. The van der Waals surface area contributed by atoms with Crippen LogP contribution < -0.4 is 27.5 Å². The van der Waals surface area contributed by atoms with Crippen LogP contribution in [0, 0.1) is 5.82 Å². The Morgan fingerprint density at radius 1 is 1.14 bits per heavy atom. The number of carbonyl (C=O) groups is 1. The first-order valence-corrected chi connectivity index (χ1v) is 13.6. The van der Waals surface area contributed by atoms with Gasteiger partial charge in [-0.1, -0.05) is 23.2 Å². The molecule has 1 aliphatic rings. The first-order valence-electron chi connectivity index (χ1n) is 12.8. The van der Waals surface area contributed by atoms with Crippen molar-refractivity contribution in [2.45, 2.75) is 25.5 Å². The van der Waals surface area contributed by atoms with E-state index in [1.54, 1.807) is 43.5 Å². The van der Waals surface area contributed by atoms with Crippen LogP contribution in [-0.2, 0) is 9.53 Å². The van der Waals surface area contributed by atoms with Gasteiger partial charge in [0.05, 0.1) is 35.6 Å². The number of nitrogens with zero attached hydrogens (tertiary/aromatic N) is 4. The van der Waals surface area contributed by atoms with Crippen LogP contribution in [0.5, 0.6) is 0 Å². The summed E-state index contributed by atoms with van der Waals surface area (Å²) in [5.41, 5.74) is 8.46. The standard InChI is InChI=1S/C29H26Cl2FN7O3/c1-16-29(41)37-22-4-3-19(32)12-20(22)17-6-8-35-24(10-17)26(7-9-42-16)38-15-36-23(13-28(38)40)21-11-18(30)2-5-25(21)39(34)14-27(31)33/h2-6,8,10-16,26H,7,9,33-34H2,1H3,(H,37,41)/b27-14-. The van der Waals surface area contributed by atoms with Crippen molar-refractivity contribution in [1.29, 1.82) is 0 Å². The van der Waals surface area contributed by atoms with Gasteiger partial charge in [0, 0.05) is 40.7 Å². The number of amides is 1. The van der Waals surface area contributed by atoms with E-state index in [0.717, 1.165) is 0 Å². The molecule has 0 aliphatic carbocycles. The van der Waals surface area contributed by atoms with Crippen molar-refractivity contribution in [1.82, 2.24) is 14.5 Å². The Morgan fingerprint density at radius 3 is 2.71 bits per heavy atom. The number of pyridine rings is 1. The van der Waals surface area contributed by atoms with Crippen LogP contribution in [0.1, 0.15) is 25.1 Å². The van der Waals surface area contributed by atoms with Gasteiger partial charge >= 0.3 is 0 Å². The Balaban J connectivity index is 1.60. The first kappa shape index (κ1) is 29.2. The number of hydrazine groups is 1. The van der Waals surface area contributed by atoms with Crippen molar-refractivity contribution >= 4 is 40.5 Å². The normalized spacial score (nSPS) is 17.5. The van der Waals surface area contributed by atoms with Gasteiger partial charge in [0.25, 0.3) is 11.5 Å². The molecular formula is C29H26Cl2FN7O3. The van der Waals surface area contributed by atoms with Gasteiger partial charge in [-0.3, -0.25) is 24.1 Å². The van der Waals surface area contributed by atoms with E-state index in [0.29, 0.717) is 50.9 Å². The highest BCUT2D eigenvalue weighted by atomic mass is 35.5. The molecule has 5 rings (SSSR count). The molecule has 5 N–H and O–H groups in total. The number of rotatable bonds is 4. The molecule has 4 aromatic rings. The Labute approximate surface area is 250 Å². The number of carbonyl (C=O) groups excluding carboxylic acids is 1. The van der Waals surface area contributed by atoms with E-state index in [1.807, 2.05) is 0 Å². The Morgan fingerprint density at radius 2 is 1.95 bits per heavy atom. The zero-order chi connectivity index (χ0) is 30.0. The molecule has 1 aliphatic heterocycles. The lowest BCUT2D eigenvalue weighted by atomic mass is 10.0. The SMILES string of the molecule is CC1OCCC(n2cnc(-c3cc(Cl)ccc3N(N)/C=C(\N)Cl)cc2=O)c2cc(ccn2)-c2cc(F)ccc2NC1=O. The van der Waals surface area contributed by atoms with Crippen molar-refractivity contribution in [2.24, 2.45) is 11.6 Å². The van der Waals surface area contributed by atoms with Crippen molar-refractivity contribution < 1.29 is 13.9 Å². The third-order valence-corrected chi connectivity index (χ3v) is 7.08. The summed E-state index contributed by atoms with van der Waals surface area (Å²) in [6, 6.07) is 13.2. The maximum atomic E-state index is 14.3. The van der Waals surface area contributed by atoms with E-state index in [2.05, 4.69) is 15.3 Å². The largest absolute Gasteiger partial charge is 0.388 e. The molecule has 0 spiro atoms. The molecule has 2 unspecified atom stereocenters. The number of hydrogen-bond acceptors (Lipinski definition) is 8. The Bertz CT molecular complexity index is 1740. The summed E-state index contributed by atoms with van der Waals surface area (Å²) in [5, 5.41) is 4.38. The third kappa shape index (κ3) is 6.29. The third-order valence-electron chi connectivity index (χ3n) is 6.75. The second-order valence-electron chi connectivity index (χ2n) is 9.57. The molecule has 0 saturated carbocycles. The summed E-state index contributed by atoms with van der Waals surface area (Å²) in [4.78, 5) is 35.5. The van der Waals surface area contributed by atoms with Crippen molar-refractivity contribution in [2.75, 3.05) is 16.9 Å². The number of benzene rings is 2. The van der Waals surface area contributed by atoms with Crippen molar-refractivity contribution in [3.63, 3.8) is 0 Å². The number of anilines is 2. The second kappa shape index (κ2) is 12.3. The van der Waals surface area contributed by atoms with Gasteiger partial charge in [-0.25, -0.2) is 15.2 Å². The Hall–Kier alpha value is -4.29. The number of fused-ring (bicyclic) bond motifs is 4. The molecule has 3 heterocycles.